The zero-order chi connectivity index (χ0) is 6.43. The van der Waals surface area contributed by atoms with Crippen LogP contribution in [0.25, 0.3) is 0 Å². The molecule has 1 aliphatic heterocycles. The van der Waals surface area contributed by atoms with Crippen LogP contribution in [-0.4, -0.2) is 38.6 Å². The van der Waals surface area contributed by atoms with Gasteiger partial charge in [-0.15, -0.1) is 0 Å². The average Bonchev–Trinajstić information content (AvgIpc) is 2.47. The first kappa shape index (κ1) is 5.65. The minimum absolute atomic E-state index is 0.194. The summed E-state index contributed by atoms with van der Waals surface area (Å²) in [4.78, 5) is 0. The summed E-state index contributed by atoms with van der Waals surface area (Å²) in [5, 5.41) is 0. The molecule has 3 nitrogen and oxygen atoms in total. The molecule has 0 aromatic heterocycles. The van der Waals surface area contributed by atoms with Crippen molar-refractivity contribution in [2.75, 3.05) is 14.2 Å². The second-order valence-corrected chi connectivity index (χ2v) is 2.47. The highest BCUT2D eigenvalue weighted by Crippen LogP contribution is 2.44. The third-order valence-corrected chi connectivity index (χ3v) is 2.08. The quantitative estimate of drug-likeness (QED) is 0.485. The molecule has 2 fully saturated rings. The van der Waals surface area contributed by atoms with E-state index in [1.165, 1.54) is 0 Å². The maximum absolute atomic E-state index is 5.18. The molecule has 1 heterocycles. The molecule has 3 heteroatoms. The lowest BCUT2D eigenvalue weighted by atomic mass is 9.92. The number of rotatable bonds is 2. The summed E-state index contributed by atoms with van der Waals surface area (Å²) in [6, 6.07) is 0. The van der Waals surface area contributed by atoms with E-state index in [2.05, 4.69) is 0 Å². The van der Waals surface area contributed by atoms with Crippen molar-refractivity contribution in [3.05, 3.63) is 0 Å². The van der Waals surface area contributed by atoms with Gasteiger partial charge in [-0.2, -0.15) is 0 Å². The molecule has 1 saturated heterocycles. The van der Waals surface area contributed by atoms with Gasteiger partial charge in [-0.05, 0) is 0 Å². The van der Waals surface area contributed by atoms with Gasteiger partial charge in [0.15, 0.2) is 0 Å². The number of hydrogen-bond acceptors (Lipinski definition) is 3. The fourth-order valence-electron chi connectivity index (χ4n) is 1.43. The summed E-state index contributed by atoms with van der Waals surface area (Å²) >= 11 is 0. The van der Waals surface area contributed by atoms with Crippen LogP contribution in [0.1, 0.15) is 0 Å². The summed E-state index contributed by atoms with van der Waals surface area (Å²) in [5.41, 5.74) is 0. The van der Waals surface area contributed by atoms with Crippen molar-refractivity contribution in [3.8, 4) is 0 Å². The van der Waals surface area contributed by atoms with E-state index in [1.54, 1.807) is 14.2 Å². The predicted octanol–water partition coefficient (Wildman–Crippen LogP) is -0.203. The molecular formula is C6H10O3. The molecule has 1 saturated carbocycles. The minimum Gasteiger partial charge on any atom is -0.376 e. The summed E-state index contributed by atoms with van der Waals surface area (Å²) in [7, 11) is 3.38. The molecule has 9 heavy (non-hydrogen) atoms. The van der Waals surface area contributed by atoms with Gasteiger partial charge in [0.1, 0.15) is 24.4 Å². The Morgan fingerprint density at radius 2 is 1.44 bits per heavy atom. The van der Waals surface area contributed by atoms with Gasteiger partial charge in [0.25, 0.3) is 0 Å². The molecule has 0 spiro atoms. The summed E-state index contributed by atoms with van der Waals surface area (Å²) < 4.78 is 15.4. The van der Waals surface area contributed by atoms with Crippen molar-refractivity contribution in [1.82, 2.24) is 0 Å². The lowest BCUT2D eigenvalue weighted by Crippen LogP contribution is -2.49. The van der Waals surface area contributed by atoms with Crippen molar-refractivity contribution in [3.63, 3.8) is 0 Å². The van der Waals surface area contributed by atoms with Gasteiger partial charge in [0.2, 0.25) is 0 Å². The van der Waals surface area contributed by atoms with Gasteiger partial charge in [-0.3, -0.25) is 0 Å². The highest BCUT2D eigenvalue weighted by molar-refractivity contribution is 5.13. The van der Waals surface area contributed by atoms with Gasteiger partial charge in [-0.25, -0.2) is 0 Å². The molecule has 0 aromatic rings. The van der Waals surface area contributed by atoms with Gasteiger partial charge >= 0.3 is 0 Å². The Hall–Kier alpha value is -0.120. The molecule has 0 amide bonds. The minimum atomic E-state index is 0.194. The van der Waals surface area contributed by atoms with E-state index in [1.807, 2.05) is 0 Å². The molecule has 52 valence electrons. The number of methoxy groups -OCH3 is 2. The zero-order valence-electron chi connectivity index (χ0n) is 5.53. The van der Waals surface area contributed by atoms with E-state index in [-0.39, 0.29) is 12.2 Å². The standard InChI is InChI=1S/C6H10O3/c1-7-3-4(8-2)6-5(3)9-6/h3-6H,1-2H3/t3-,4+,5+,6-. The monoisotopic (exact) mass is 130 g/mol. The molecule has 1 aliphatic carbocycles. The molecule has 0 radical (unpaired) electrons. The van der Waals surface area contributed by atoms with E-state index >= 15 is 0 Å². The summed E-state index contributed by atoms with van der Waals surface area (Å²) in [5.74, 6) is 0. The van der Waals surface area contributed by atoms with Crippen molar-refractivity contribution < 1.29 is 14.2 Å². The van der Waals surface area contributed by atoms with Gasteiger partial charge in [-0.1, -0.05) is 0 Å². The highest BCUT2D eigenvalue weighted by Gasteiger charge is 2.65. The summed E-state index contributed by atoms with van der Waals surface area (Å²) in [6.45, 7) is 0. The molecule has 4 atom stereocenters. The van der Waals surface area contributed by atoms with Gasteiger partial charge < -0.3 is 14.2 Å². The smallest absolute Gasteiger partial charge is 0.116 e. The lowest BCUT2D eigenvalue weighted by Gasteiger charge is -2.28. The van der Waals surface area contributed by atoms with E-state index in [0.717, 1.165) is 0 Å². The van der Waals surface area contributed by atoms with Gasteiger partial charge in [0, 0.05) is 14.2 Å². The number of ether oxygens (including phenoxy) is 3. The second kappa shape index (κ2) is 1.68. The molecule has 2 aliphatic rings. The third kappa shape index (κ3) is 0.569. The number of epoxide rings is 1. The second-order valence-electron chi connectivity index (χ2n) is 2.47. The molecule has 0 bridgehead atoms. The fourth-order valence-corrected chi connectivity index (χ4v) is 1.43. The fraction of sp³-hybridized carbons (Fsp3) is 1.00. The van der Waals surface area contributed by atoms with Gasteiger partial charge in [0.05, 0.1) is 0 Å². The van der Waals surface area contributed by atoms with Crippen molar-refractivity contribution in [2.45, 2.75) is 24.4 Å². The van der Waals surface area contributed by atoms with Crippen LogP contribution in [0.15, 0.2) is 0 Å². The Balaban J connectivity index is 1.94. The van der Waals surface area contributed by atoms with Crippen molar-refractivity contribution in [2.24, 2.45) is 0 Å². The summed E-state index contributed by atoms with van der Waals surface area (Å²) in [6.07, 6.45) is 1.08. The van der Waals surface area contributed by atoms with E-state index in [4.69, 9.17) is 14.2 Å². The van der Waals surface area contributed by atoms with E-state index < -0.39 is 0 Å². The van der Waals surface area contributed by atoms with Crippen LogP contribution in [0.5, 0.6) is 0 Å². The molecular weight excluding hydrogens is 120 g/mol. The van der Waals surface area contributed by atoms with Crippen LogP contribution in [0.3, 0.4) is 0 Å². The van der Waals surface area contributed by atoms with Crippen LogP contribution >= 0.6 is 0 Å². The lowest BCUT2D eigenvalue weighted by molar-refractivity contribution is -0.0700. The number of hydrogen-bond donors (Lipinski definition) is 0. The molecule has 0 unspecified atom stereocenters. The van der Waals surface area contributed by atoms with Crippen LogP contribution in [-0.2, 0) is 14.2 Å². The Labute approximate surface area is 53.9 Å². The van der Waals surface area contributed by atoms with Crippen LogP contribution in [0.4, 0.5) is 0 Å². The Morgan fingerprint density at radius 1 is 1.00 bits per heavy atom. The van der Waals surface area contributed by atoms with E-state index in [9.17, 15) is 0 Å². The molecule has 0 N–H and O–H groups in total. The van der Waals surface area contributed by atoms with Crippen molar-refractivity contribution >= 4 is 0 Å². The Kier molecular flexibility index (Phi) is 1.06. The van der Waals surface area contributed by atoms with Crippen LogP contribution < -0.4 is 0 Å². The SMILES string of the molecule is CO[C@@H]1[C@H](OC)[C@H]2O[C@@H]12. The Morgan fingerprint density at radius 3 is 1.78 bits per heavy atom. The molecule has 2 rings (SSSR count). The van der Waals surface area contributed by atoms with Crippen LogP contribution in [0.2, 0.25) is 0 Å². The van der Waals surface area contributed by atoms with E-state index in [0.29, 0.717) is 12.2 Å². The topological polar surface area (TPSA) is 31.0 Å². The van der Waals surface area contributed by atoms with Crippen molar-refractivity contribution in [1.29, 1.82) is 0 Å². The largest absolute Gasteiger partial charge is 0.376 e. The maximum atomic E-state index is 5.18. The Bertz CT molecular complexity index is 111. The zero-order valence-corrected chi connectivity index (χ0v) is 5.53. The molecule has 0 aromatic carbocycles. The average molecular weight is 130 g/mol. The first-order chi connectivity index (χ1) is 4.38. The maximum Gasteiger partial charge on any atom is 0.116 e. The predicted molar refractivity (Wildman–Crippen MR) is 30.3 cm³/mol. The first-order valence-electron chi connectivity index (χ1n) is 3.09. The normalized spacial score (nSPS) is 54.0. The third-order valence-electron chi connectivity index (χ3n) is 2.08. The number of fused-ring (bicyclic) bond motifs is 1. The highest BCUT2D eigenvalue weighted by atomic mass is 16.7. The van der Waals surface area contributed by atoms with Crippen LogP contribution in [0, 0.1) is 0 Å². The first-order valence-corrected chi connectivity index (χ1v) is 3.09.